The predicted octanol–water partition coefficient (Wildman–Crippen LogP) is 1.98. The fourth-order valence-electron chi connectivity index (χ4n) is 2.74. The molecule has 6 nitrogen and oxygen atoms in total. The lowest BCUT2D eigenvalue weighted by Crippen LogP contribution is -2.38. The van der Waals surface area contributed by atoms with Crippen LogP contribution in [0.25, 0.3) is 0 Å². The smallest absolute Gasteiger partial charge is 0.250 e. The van der Waals surface area contributed by atoms with Crippen LogP contribution in [0.3, 0.4) is 0 Å². The molecule has 1 heterocycles. The van der Waals surface area contributed by atoms with Gasteiger partial charge in [-0.1, -0.05) is 19.4 Å². The van der Waals surface area contributed by atoms with Gasteiger partial charge >= 0.3 is 0 Å². The first-order valence-electron chi connectivity index (χ1n) is 9.49. The van der Waals surface area contributed by atoms with Crippen LogP contribution in [-0.4, -0.2) is 41.9 Å². The van der Waals surface area contributed by atoms with E-state index < -0.39 is 0 Å². The van der Waals surface area contributed by atoms with Crippen molar-refractivity contribution in [3.63, 3.8) is 0 Å². The number of hydrogen-bond acceptors (Lipinski definition) is 3. The molecule has 1 rings (SSSR count). The van der Waals surface area contributed by atoms with Crippen molar-refractivity contribution in [2.24, 2.45) is 10.9 Å². The number of aromatic nitrogens is 1. The second-order valence-corrected chi connectivity index (χ2v) is 6.25. The van der Waals surface area contributed by atoms with Crippen LogP contribution < -0.4 is 16.2 Å². The van der Waals surface area contributed by atoms with E-state index in [1.165, 1.54) is 0 Å². The molecule has 0 spiro atoms. The summed E-state index contributed by atoms with van der Waals surface area (Å²) in [4.78, 5) is 16.3. The molecule has 25 heavy (non-hydrogen) atoms. The van der Waals surface area contributed by atoms with Gasteiger partial charge in [0, 0.05) is 45.0 Å². The third-order valence-electron chi connectivity index (χ3n) is 4.10. The van der Waals surface area contributed by atoms with Gasteiger partial charge in [0.2, 0.25) is 5.56 Å². The first-order valence-corrected chi connectivity index (χ1v) is 9.49. The molecule has 1 atom stereocenters. The molecule has 0 aliphatic heterocycles. The number of guanidine groups is 1. The van der Waals surface area contributed by atoms with Gasteiger partial charge in [-0.2, -0.15) is 0 Å². The Morgan fingerprint density at radius 1 is 1.24 bits per heavy atom. The summed E-state index contributed by atoms with van der Waals surface area (Å²) in [6, 6.07) is 5.24. The van der Waals surface area contributed by atoms with E-state index in [4.69, 9.17) is 5.11 Å². The molecule has 0 radical (unpaired) electrons. The molecule has 1 aromatic heterocycles. The average Bonchev–Trinajstić information content (AvgIpc) is 2.61. The highest BCUT2D eigenvalue weighted by Gasteiger charge is 2.07. The summed E-state index contributed by atoms with van der Waals surface area (Å²) in [7, 11) is 0. The molecule has 142 valence electrons. The Morgan fingerprint density at radius 2 is 2.08 bits per heavy atom. The molecule has 6 heteroatoms. The van der Waals surface area contributed by atoms with Gasteiger partial charge in [-0.3, -0.25) is 9.79 Å². The standard InChI is InChI=1S/C19H34N4O2/c1-3-9-17(11-15-24)16-22-19(20-4-2)21-12-6-8-14-23-13-7-5-10-18(23)25/h5,7,10,13,17,24H,3-4,6,8-9,11-12,14-16H2,1-2H3,(H2,20,21,22). The Hall–Kier alpha value is -1.82. The van der Waals surface area contributed by atoms with Crippen molar-refractivity contribution in [1.29, 1.82) is 0 Å². The number of aliphatic hydroxyl groups is 1. The van der Waals surface area contributed by atoms with E-state index in [0.29, 0.717) is 5.92 Å². The van der Waals surface area contributed by atoms with E-state index in [9.17, 15) is 4.79 Å². The minimum atomic E-state index is 0.0520. The maximum Gasteiger partial charge on any atom is 0.250 e. The summed E-state index contributed by atoms with van der Waals surface area (Å²) in [6.45, 7) is 7.57. The van der Waals surface area contributed by atoms with E-state index >= 15 is 0 Å². The van der Waals surface area contributed by atoms with Crippen LogP contribution >= 0.6 is 0 Å². The molecule has 1 aromatic rings. The lowest BCUT2D eigenvalue weighted by Gasteiger charge is -2.15. The Morgan fingerprint density at radius 3 is 2.76 bits per heavy atom. The van der Waals surface area contributed by atoms with Gasteiger partial charge in [-0.15, -0.1) is 0 Å². The third-order valence-corrected chi connectivity index (χ3v) is 4.10. The summed E-state index contributed by atoms with van der Waals surface area (Å²) < 4.78 is 1.74. The second-order valence-electron chi connectivity index (χ2n) is 6.25. The molecule has 0 aliphatic rings. The highest BCUT2D eigenvalue weighted by Crippen LogP contribution is 2.10. The van der Waals surface area contributed by atoms with Crippen molar-refractivity contribution in [3.05, 3.63) is 34.7 Å². The number of hydrogen-bond donors (Lipinski definition) is 3. The lowest BCUT2D eigenvalue weighted by molar-refractivity contribution is 0.253. The van der Waals surface area contributed by atoms with E-state index in [1.807, 2.05) is 12.3 Å². The van der Waals surface area contributed by atoms with Gasteiger partial charge in [0.25, 0.3) is 0 Å². The van der Waals surface area contributed by atoms with E-state index in [0.717, 1.165) is 64.2 Å². The van der Waals surface area contributed by atoms with E-state index in [2.05, 4.69) is 29.5 Å². The highest BCUT2D eigenvalue weighted by molar-refractivity contribution is 5.79. The molecular formula is C19H34N4O2. The van der Waals surface area contributed by atoms with Crippen LogP contribution in [-0.2, 0) is 6.54 Å². The molecule has 0 aromatic carbocycles. The number of aliphatic imine (C=N–C) groups is 1. The quantitative estimate of drug-likeness (QED) is 0.306. The Balaban J connectivity index is 2.35. The number of pyridine rings is 1. The topological polar surface area (TPSA) is 78.7 Å². The molecule has 0 saturated carbocycles. The lowest BCUT2D eigenvalue weighted by atomic mass is 10.0. The van der Waals surface area contributed by atoms with Crippen molar-refractivity contribution in [2.75, 3.05) is 26.2 Å². The zero-order valence-electron chi connectivity index (χ0n) is 15.7. The van der Waals surface area contributed by atoms with Gasteiger partial charge in [0.15, 0.2) is 5.96 Å². The minimum absolute atomic E-state index is 0.0520. The summed E-state index contributed by atoms with van der Waals surface area (Å²) in [6.07, 6.45) is 6.76. The number of aryl methyl sites for hydroxylation is 1. The molecule has 3 N–H and O–H groups in total. The number of aliphatic hydroxyl groups excluding tert-OH is 1. The zero-order chi connectivity index (χ0) is 18.3. The van der Waals surface area contributed by atoms with E-state index in [-0.39, 0.29) is 12.2 Å². The molecule has 0 amide bonds. The van der Waals surface area contributed by atoms with E-state index in [1.54, 1.807) is 16.7 Å². The number of unbranched alkanes of at least 4 members (excludes halogenated alkanes) is 1. The Labute approximate surface area is 151 Å². The average molecular weight is 351 g/mol. The van der Waals surface area contributed by atoms with Crippen LogP contribution in [0.5, 0.6) is 0 Å². The van der Waals surface area contributed by atoms with Crippen LogP contribution in [0.2, 0.25) is 0 Å². The van der Waals surface area contributed by atoms with Crippen LogP contribution in [0.4, 0.5) is 0 Å². The number of nitrogens with one attached hydrogen (secondary N) is 2. The minimum Gasteiger partial charge on any atom is -0.396 e. The second kappa shape index (κ2) is 13.5. The van der Waals surface area contributed by atoms with Gasteiger partial charge < -0.3 is 20.3 Å². The van der Waals surface area contributed by atoms with Crippen molar-refractivity contribution in [3.8, 4) is 0 Å². The molecule has 0 aliphatic carbocycles. The highest BCUT2D eigenvalue weighted by atomic mass is 16.3. The van der Waals surface area contributed by atoms with Gasteiger partial charge in [0.05, 0.1) is 0 Å². The summed E-state index contributed by atoms with van der Waals surface area (Å²) in [5.41, 5.74) is 0.0520. The molecule has 1 unspecified atom stereocenters. The third kappa shape index (κ3) is 9.29. The zero-order valence-corrected chi connectivity index (χ0v) is 15.7. The molecule has 0 saturated heterocycles. The SMILES string of the molecule is CCCC(CCO)CN=C(NCC)NCCCCn1ccccc1=O. The normalized spacial score (nSPS) is 12.8. The molecule has 0 fully saturated rings. The fraction of sp³-hybridized carbons (Fsp3) is 0.684. The summed E-state index contributed by atoms with van der Waals surface area (Å²) in [5, 5.41) is 15.8. The van der Waals surface area contributed by atoms with Crippen molar-refractivity contribution < 1.29 is 5.11 Å². The monoisotopic (exact) mass is 350 g/mol. The van der Waals surface area contributed by atoms with Gasteiger partial charge in [-0.05, 0) is 44.6 Å². The largest absolute Gasteiger partial charge is 0.396 e. The van der Waals surface area contributed by atoms with Crippen molar-refractivity contribution in [2.45, 2.75) is 52.5 Å². The van der Waals surface area contributed by atoms with Crippen molar-refractivity contribution >= 4 is 5.96 Å². The maximum atomic E-state index is 11.6. The Bertz CT molecular complexity index is 536. The van der Waals surface area contributed by atoms with Crippen LogP contribution in [0.1, 0.15) is 46.0 Å². The fourth-order valence-corrected chi connectivity index (χ4v) is 2.74. The number of nitrogens with zero attached hydrogens (tertiary/aromatic N) is 2. The maximum absolute atomic E-state index is 11.6. The first-order chi connectivity index (χ1) is 12.2. The van der Waals surface area contributed by atoms with Crippen LogP contribution in [0, 0.1) is 5.92 Å². The van der Waals surface area contributed by atoms with Crippen LogP contribution in [0.15, 0.2) is 34.2 Å². The molecular weight excluding hydrogens is 316 g/mol. The van der Waals surface area contributed by atoms with Gasteiger partial charge in [-0.25, -0.2) is 0 Å². The number of rotatable bonds is 12. The predicted molar refractivity (Wildman–Crippen MR) is 104 cm³/mol. The summed E-state index contributed by atoms with van der Waals surface area (Å²) >= 11 is 0. The van der Waals surface area contributed by atoms with Crippen molar-refractivity contribution in [1.82, 2.24) is 15.2 Å². The first kappa shape index (κ1) is 21.2. The summed E-state index contributed by atoms with van der Waals surface area (Å²) in [5.74, 6) is 1.27. The molecule has 0 bridgehead atoms. The Kier molecular flexibility index (Phi) is 11.4. The van der Waals surface area contributed by atoms with Gasteiger partial charge in [0.1, 0.15) is 0 Å².